The third-order valence-electron chi connectivity index (χ3n) is 2.66. The molecular weight excluding hydrogens is 174 g/mol. The Hall–Kier alpha value is -0.0800. The smallest absolute Gasteiger partial charge is 0.0469 e. The lowest BCUT2D eigenvalue weighted by Crippen LogP contribution is -2.35. The van der Waals surface area contributed by atoms with Crippen LogP contribution in [0.15, 0.2) is 0 Å². The molecule has 84 valence electrons. The Morgan fingerprint density at radius 3 is 2.29 bits per heavy atom. The van der Waals surface area contributed by atoms with Crippen molar-refractivity contribution in [1.29, 1.82) is 0 Å². The van der Waals surface area contributed by atoms with E-state index in [1.165, 1.54) is 25.9 Å². The number of hydrogen-bond acceptors (Lipinski definition) is 2. The molecule has 1 aliphatic heterocycles. The molecule has 1 fully saturated rings. The van der Waals surface area contributed by atoms with E-state index in [9.17, 15) is 0 Å². The van der Waals surface area contributed by atoms with Gasteiger partial charge in [0.2, 0.25) is 0 Å². The maximum atomic E-state index is 5.36. The minimum absolute atomic E-state index is 0.417. The van der Waals surface area contributed by atoms with Crippen molar-refractivity contribution in [3.8, 4) is 0 Å². The summed E-state index contributed by atoms with van der Waals surface area (Å²) >= 11 is 0. The van der Waals surface area contributed by atoms with Crippen LogP contribution in [0.4, 0.5) is 0 Å². The Kier molecular flexibility index (Phi) is 4.39. The molecule has 0 atom stereocenters. The van der Waals surface area contributed by atoms with E-state index < -0.39 is 0 Å². The Morgan fingerprint density at radius 2 is 1.79 bits per heavy atom. The van der Waals surface area contributed by atoms with E-state index in [4.69, 9.17) is 4.74 Å². The van der Waals surface area contributed by atoms with Crippen LogP contribution < -0.4 is 0 Å². The zero-order valence-corrected chi connectivity index (χ0v) is 10.2. The summed E-state index contributed by atoms with van der Waals surface area (Å²) in [6, 6.07) is 0. The molecule has 0 spiro atoms. The zero-order chi connectivity index (χ0) is 10.6. The van der Waals surface area contributed by atoms with Crippen LogP contribution in [0.2, 0.25) is 0 Å². The lowest BCUT2D eigenvalue weighted by atomic mass is 9.94. The van der Waals surface area contributed by atoms with Gasteiger partial charge in [-0.05, 0) is 31.2 Å². The van der Waals surface area contributed by atoms with Gasteiger partial charge in [0.05, 0.1) is 0 Å². The SMILES string of the molecule is CN(CC1CCOCC1)CC(C)(C)C. The molecule has 1 heterocycles. The third kappa shape index (κ3) is 4.97. The Morgan fingerprint density at radius 1 is 1.21 bits per heavy atom. The standard InChI is InChI=1S/C12H25NO/c1-12(2,3)10-13(4)9-11-5-7-14-8-6-11/h11H,5-10H2,1-4H3. The predicted molar refractivity (Wildman–Crippen MR) is 60.5 cm³/mol. The first-order chi connectivity index (χ1) is 6.47. The van der Waals surface area contributed by atoms with Gasteiger partial charge in [-0.15, -0.1) is 0 Å². The summed E-state index contributed by atoms with van der Waals surface area (Å²) in [5.41, 5.74) is 0.417. The monoisotopic (exact) mass is 199 g/mol. The topological polar surface area (TPSA) is 12.5 Å². The Balaban J connectivity index is 2.21. The summed E-state index contributed by atoms with van der Waals surface area (Å²) < 4.78 is 5.36. The van der Waals surface area contributed by atoms with Gasteiger partial charge in [0.25, 0.3) is 0 Å². The van der Waals surface area contributed by atoms with Crippen molar-refractivity contribution in [2.24, 2.45) is 11.3 Å². The molecule has 0 N–H and O–H groups in total. The van der Waals surface area contributed by atoms with Crippen molar-refractivity contribution in [3.63, 3.8) is 0 Å². The largest absolute Gasteiger partial charge is 0.381 e. The quantitative estimate of drug-likeness (QED) is 0.692. The molecule has 0 radical (unpaired) electrons. The van der Waals surface area contributed by atoms with Crippen molar-refractivity contribution < 1.29 is 4.74 Å². The van der Waals surface area contributed by atoms with Crippen LogP contribution in [-0.4, -0.2) is 38.3 Å². The first kappa shape index (κ1) is 12.0. The summed E-state index contributed by atoms with van der Waals surface area (Å²) in [6.07, 6.45) is 2.49. The maximum absolute atomic E-state index is 5.36. The fourth-order valence-electron chi connectivity index (χ4n) is 2.24. The van der Waals surface area contributed by atoms with Crippen molar-refractivity contribution >= 4 is 0 Å². The lowest BCUT2D eigenvalue weighted by molar-refractivity contribution is 0.0521. The minimum atomic E-state index is 0.417. The second-order valence-electron chi connectivity index (χ2n) is 5.81. The fraction of sp³-hybridized carbons (Fsp3) is 1.00. The molecule has 1 aliphatic rings. The van der Waals surface area contributed by atoms with Gasteiger partial charge in [0.1, 0.15) is 0 Å². The molecule has 0 aromatic carbocycles. The molecule has 0 saturated carbocycles. The van der Waals surface area contributed by atoms with E-state index in [1.807, 2.05) is 0 Å². The molecule has 14 heavy (non-hydrogen) atoms. The van der Waals surface area contributed by atoms with Crippen LogP contribution in [0.25, 0.3) is 0 Å². The summed E-state index contributed by atoms with van der Waals surface area (Å²) in [5, 5.41) is 0. The highest BCUT2D eigenvalue weighted by molar-refractivity contribution is 4.71. The average molecular weight is 199 g/mol. The summed E-state index contributed by atoms with van der Waals surface area (Å²) in [6.45, 7) is 11.3. The minimum Gasteiger partial charge on any atom is -0.381 e. The van der Waals surface area contributed by atoms with Crippen molar-refractivity contribution in [2.45, 2.75) is 33.6 Å². The van der Waals surface area contributed by atoms with Gasteiger partial charge in [-0.3, -0.25) is 0 Å². The molecule has 1 rings (SSSR count). The summed E-state index contributed by atoms with van der Waals surface area (Å²) in [7, 11) is 2.24. The highest BCUT2D eigenvalue weighted by Crippen LogP contribution is 2.19. The van der Waals surface area contributed by atoms with Gasteiger partial charge < -0.3 is 9.64 Å². The van der Waals surface area contributed by atoms with Crippen LogP contribution >= 0.6 is 0 Å². The molecule has 0 amide bonds. The first-order valence-electron chi connectivity index (χ1n) is 5.74. The van der Waals surface area contributed by atoms with Crippen molar-refractivity contribution in [3.05, 3.63) is 0 Å². The van der Waals surface area contributed by atoms with Gasteiger partial charge >= 0.3 is 0 Å². The molecule has 1 saturated heterocycles. The van der Waals surface area contributed by atoms with Crippen LogP contribution in [0.5, 0.6) is 0 Å². The van der Waals surface area contributed by atoms with Crippen molar-refractivity contribution in [2.75, 3.05) is 33.4 Å². The van der Waals surface area contributed by atoms with Crippen LogP contribution in [-0.2, 0) is 4.74 Å². The lowest BCUT2D eigenvalue weighted by Gasteiger charge is -2.31. The van der Waals surface area contributed by atoms with E-state index in [0.717, 1.165) is 19.1 Å². The zero-order valence-electron chi connectivity index (χ0n) is 10.2. The van der Waals surface area contributed by atoms with E-state index in [-0.39, 0.29) is 0 Å². The second-order valence-corrected chi connectivity index (χ2v) is 5.81. The van der Waals surface area contributed by atoms with Gasteiger partial charge in [-0.2, -0.15) is 0 Å². The van der Waals surface area contributed by atoms with Gasteiger partial charge in [0, 0.05) is 26.3 Å². The summed E-state index contributed by atoms with van der Waals surface area (Å²) in [4.78, 5) is 2.47. The van der Waals surface area contributed by atoms with Crippen LogP contribution in [0.3, 0.4) is 0 Å². The Labute approximate surface area is 88.6 Å². The van der Waals surface area contributed by atoms with Gasteiger partial charge in [-0.1, -0.05) is 20.8 Å². The number of hydrogen-bond donors (Lipinski definition) is 0. The van der Waals surface area contributed by atoms with E-state index in [1.54, 1.807) is 0 Å². The highest BCUT2D eigenvalue weighted by Gasteiger charge is 2.19. The molecule has 0 aromatic heterocycles. The number of nitrogens with zero attached hydrogens (tertiary/aromatic N) is 1. The molecule has 0 unspecified atom stereocenters. The third-order valence-corrected chi connectivity index (χ3v) is 2.66. The molecular formula is C12H25NO. The van der Waals surface area contributed by atoms with Gasteiger partial charge in [-0.25, -0.2) is 0 Å². The number of rotatable bonds is 3. The van der Waals surface area contributed by atoms with Gasteiger partial charge in [0.15, 0.2) is 0 Å². The normalized spacial score (nSPS) is 20.4. The number of ether oxygens (including phenoxy) is 1. The molecule has 2 heteroatoms. The molecule has 0 aliphatic carbocycles. The predicted octanol–water partition coefficient (Wildman–Crippen LogP) is 2.39. The maximum Gasteiger partial charge on any atom is 0.0469 e. The van der Waals surface area contributed by atoms with E-state index >= 15 is 0 Å². The van der Waals surface area contributed by atoms with Crippen molar-refractivity contribution in [1.82, 2.24) is 4.90 Å². The van der Waals surface area contributed by atoms with E-state index in [0.29, 0.717) is 5.41 Å². The molecule has 2 nitrogen and oxygen atoms in total. The van der Waals surface area contributed by atoms with Crippen LogP contribution in [0, 0.1) is 11.3 Å². The highest BCUT2D eigenvalue weighted by atomic mass is 16.5. The van der Waals surface area contributed by atoms with Crippen LogP contribution in [0.1, 0.15) is 33.6 Å². The molecule has 0 bridgehead atoms. The Bertz CT molecular complexity index is 156. The first-order valence-corrected chi connectivity index (χ1v) is 5.74. The van der Waals surface area contributed by atoms with E-state index in [2.05, 4.69) is 32.7 Å². The summed E-state index contributed by atoms with van der Waals surface area (Å²) in [5.74, 6) is 0.857. The fourth-order valence-corrected chi connectivity index (χ4v) is 2.24. The molecule has 0 aromatic rings. The second kappa shape index (κ2) is 5.13. The average Bonchev–Trinajstić information content (AvgIpc) is 2.02.